The van der Waals surface area contributed by atoms with E-state index in [0.717, 1.165) is 37.0 Å². The highest BCUT2D eigenvalue weighted by molar-refractivity contribution is 7.91. The minimum atomic E-state index is -3.79. The molecule has 2 saturated heterocycles. The molecule has 0 saturated carbocycles. The average Bonchev–Trinajstić information content (AvgIpc) is 3.79. The molecule has 1 aromatic heterocycles. The van der Waals surface area contributed by atoms with Crippen LogP contribution in [0.4, 0.5) is 4.79 Å². The topological polar surface area (TPSA) is 183 Å². The smallest absolute Gasteiger partial charge is 0.315 e. The summed E-state index contributed by atoms with van der Waals surface area (Å²) in [5.74, 6) is -2.51. The fourth-order valence-electron chi connectivity index (χ4n) is 6.26. The summed E-state index contributed by atoms with van der Waals surface area (Å²) in [5, 5.41) is 12.6. The van der Waals surface area contributed by atoms with E-state index in [1.54, 1.807) is 11.4 Å². The molecule has 14 nitrogen and oxygen atoms in total. The maximum Gasteiger partial charge on any atom is 0.315 e. The molecule has 2 fully saturated rings. The number of hydrogen-bond donors (Lipinski definition) is 4. The van der Waals surface area contributed by atoms with Gasteiger partial charge in [-0.15, -0.1) is 17.9 Å². The van der Waals surface area contributed by atoms with Gasteiger partial charge in [0.2, 0.25) is 17.6 Å². The number of carbonyl (C=O) groups is 5. The molecule has 0 aromatic carbocycles. The maximum absolute atomic E-state index is 14.3. The second-order valence-electron chi connectivity index (χ2n) is 15.1. The van der Waals surface area contributed by atoms with Crippen molar-refractivity contribution in [1.29, 1.82) is 0 Å². The Morgan fingerprint density at radius 2 is 1.85 bits per heavy atom. The Morgan fingerprint density at radius 1 is 1.15 bits per heavy atom. The molecule has 0 radical (unpaired) electrons. The van der Waals surface area contributed by atoms with E-state index in [4.69, 9.17) is 4.74 Å². The fraction of sp³-hybridized carbons (Fsp3) is 0.694. The third kappa shape index (κ3) is 12.1. The number of amides is 5. The van der Waals surface area contributed by atoms with Crippen molar-refractivity contribution < 1.29 is 37.1 Å². The summed E-state index contributed by atoms with van der Waals surface area (Å²) in [4.78, 5) is 69.1. The summed E-state index contributed by atoms with van der Waals surface area (Å²) in [7, 11) is -2.33. The fourth-order valence-corrected chi connectivity index (χ4v) is 8.65. The monoisotopic (exact) mass is 766 g/mol. The Labute approximate surface area is 312 Å². The third-order valence-corrected chi connectivity index (χ3v) is 12.9. The summed E-state index contributed by atoms with van der Waals surface area (Å²) < 4.78 is 33.7. The number of likely N-dealkylation sites (N-methyl/N-ethyl adjacent to an activating group) is 1. The van der Waals surface area contributed by atoms with Crippen molar-refractivity contribution in [3.63, 3.8) is 0 Å². The van der Waals surface area contributed by atoms with Gasteiger partial charge in [0.05, 0.1) is 12.6 Å². The first-order valence-electron chi connectivity index (χ1n) is 18.2. The summed E-state index contributed by atoms with van der Waals surface area (Å²) in [6, 6.07) is -1.31. The summed E-state index contributed by atoms with van der Waals surface area (Å²) in [6.07, 6.45) is 5.90. The van der Waals surface area contributed by atoms with E-state index in [-0.39, 0.29) is 48.7 Å². The van der Waals surface area contributed by atoms with Crippen LogP contribution in [0.5, 0.6) is 0 Å². The average molecular weight is 767 g/mol. The molecule has 0 unspecified atom stereocenters. The Hall–Kier alpha value is -3.34. The van der Waals surface area contributed by atoms with E-state index in [2.05, 4.69) is 27.8 Å². The molecule has 0 aliphatic carbocycles. The van der Waals surface area contributed by atoms with Gasteiger partial charge in [-0.1, -0.05) is 72.4 Å². The SMILES string of the molecule is C=CCNC(=O)C(=O)[C@@H]1CCCCCCCOC[C@H](NC(=O)N[C@H](CN(C)S(=O)(=O)c2cccs2)C(C)(C)C)C(=O)N2C[C@H](C(C)C)C[C@H]2C(=O)N1. The van der Waals surface area contributed by atoms with E-state index in [1.807, 2.05) is 34.6 Å². The number of ketones is 1. The number of thiophene rings is 1. The second-order valence-corrected chi connectivity index (χ2v) is 18.3. The van der Waals surface area contributed by atoms with Gasteiger partial charge in [-0.25, -0.2) is 13.2 Å². The van der Waals surface area contributed by atoms with Gasteiger partial charge < -0.3 is 30.9 Å². The largest absolute Gasteiger partial charge is 0.379 e. The minimum absolute atomic E-state index is 0.0256. The van der Waals surface area contributed by atoms with Gasteiger partial charge in [0.1, 0.15) is 16.3 Å². The van der Waals surface area contributed by atoms with E-state index in [1.165, 1.54) is 28.4 Å². The number of nitrogens with zero attached hydrogens (tertiary/aromatic N) is 2. The summed E-state index contributed by atoms with van der Waals surface area (Å²) in [6.45, 7) is 13.8. The molecule has 1 aromatic rings. The number of nitrogens with one attached hydrogen (secondary N) is 4. The van der Waals surface area contributed by atoms with Crippen molar-refractivity contribution in [3.8, 4) is 0 Å². The number of ether oxygens (including phenoxy) is 1. The lowest BCUT2D eigenvalue weighted by molar-refractivity contribution is -0.143. The standard InChI is InChI=1S/C36H58N6O8S2/c1-8-17-37-33(45)31(43)26-15-12-10-9-11-13-18-50-23-27(34(46)42-21-25(24(2)3)20-28(42)32(44)38-26)39-35(47)40-29(36(4,5)6)22-41(7)52(48,49)30-16-14-19-51-30/h8,14,16,19,24-29H,1,9-13,15,17-18,20-23H2,2-7H3,(H,37,45)(H,38,44)(H2,39,40,47)/t25-,26+,27+,28+,29-/m1/s1. The maximum atomic E-state index is 14.3. The lowest BCUT2D eigenvalue weighted by atomic mass is 9.87. The van der Waals surface area contributed by atoms with Crippen molar-refractivity contribution in [1.82, 2.24) is 30.5 Å². The molecule has 0 spiro atoms. The van der Waals surface area contributed by atoms with E-state index < -0.39 is 69.1 Å². The van der Waals surface area contributed by atoms with Crippen LogP contribution in [0.3, 0.4) is 0 Å². The van der Waals surface area contributed by atoms with Gasteiger partial charge in [-0.2, -0.15) is 4.31 Å². The van der Waals surface area contributed by atoms with E-state index in [9.17, 15) is 32.4 Å². The molecule has 5 atom stereocenters. The van der Waals surface area contributed by atoms with Crippen LogP contribution in [0.25, 0.3) is 0 Å². The van der Waals surface area contributed by atoms with Crippen LogP contribution in [-0.2, 0) is 33.9 Å². The number of fused-ring (bicyclic) bond motifs is 1. The van der Waals surface area contributed by atoms with Crippen molar-refractivity contribution in [2.24, 2.45) is 17.3 Å². The number of sulfonamides is 1. The minimum Gasteiger partial charge on any atom is -0.379 e. The van der Waals surface area contributed by atoms with Crippen molar-refractivity contribution in [2.75, 3.05) is 39.9 Å². The molecule has 292 valence electrons. The molecule has 3 heterocycles. The zero-order chi connectivity index (χ0) is 38.6. The number of rotatable bonds is 11. The predicted octanol–water partition coefficient (Wildman–Crippen LogP) is 3.05. The highest BCUT2D eigenvalue weighted by Crippen LogP contribution is 2.30. The number of hydrogen-bond acceptors (Lipinski definition) is 9. The zero-order valence-corrected chi connectivity index (χ0v) is 33.1. The lowest BCUT2D eigenvalue weighted by Crippen LogP contribution is -2.60. The summed E-state index contributed by atoms with van der Waals surface area (Å²) >= 11 is 1.11. The Balaban J connectivity index is 1.86. The van der Waals surface area contributed by atoms with Crippen LogP contribution in [0.15, 0.2) is 34.4 Å². The Bertz CT molecular complexity index is 1490. The predicted molar refractivity (Wildman–Crippen MR) is 200 cm³/mol. The van der Waals surface area contributed by atoms with Gasteiger partial charge in [0.25, 0.3) is 15.9 Å². The van der Waals surface area contributed by atoms with Gasteiger partial charge in [0, 0.05) is 39.3 Å². The molecule has 2 aliphatic rings. The van der Waals surface area contributed by atoms with Gasteiger partial charge >= 0.3 is 6.03 Å². The molecule has 16 heteroatoms. The first-order chi connectivity index (χ1) is 24.5. The number of urea groups is 1. The molecule has 4 N–H and O–H groups in total. The molecular weight excluding hydrogens is 709 g/mol. The van der Waals surface area contributed by atoms with Crippen LogP contribution in [0, 0.1) is 17.3 Å². The lowest BCUT2D eigenvalue weighted by Gasteiger charge is -2.35. The molecule has 2 aliphatic heterocycles. The van der Waals surface area contributed by atoms with Crippen molar-refractivity contribution >= 4 is 50.9 Å². The number of carbonyl (C=O) groups excluding carboxylic acids is 5. The molecule has 52 heavy (non-hydrogen) atoms. The van der Waals surface area contributed by atoms with E-state index in [0.29, 0.717) is 19.4 Å². The highest BCUT2D eigenvalue weighted by atomic mass is 32.2. The van der Waals surface area contributed by atoms with Crippen LogP contribution >= 0.6 is 11.3 Å². The van der Waals surface area contributed by atoms with Crippen LogP contribution < -0.4 is 21.3 Å². The highest BCUT2D eigenvalue weighted by Gasteiger charge is 2.44. The van der Waals surface area contributed by atoms with Crippen molar-refractivity contribution in [3.05, 3.63) is 30.2 Å². The molecule has 3 rings (SSSR count). The van der Waals surface area contributed by atoms with Gasteiger partial charge in [-0.3, -0.25) is 19.2 Å². The van der Waals surface area contributed by atoms with Gasteiger partial charge in [0.15, 0.2) is 0 Å². The normalized spacial score (nSPS) is 23.4. The first kappa shape index (κ1) is 43.1. The molecular formula is C36H58N6O8S2. The Kier molecular flexibility index (Phi) is 16.3. The van der Waals surface area contributed by atoms with Crippen LogP contribution in [0.2, 0.25) is 0 Å². The number of Topliss-reactive ketones (excluding diaryl/α,β-unsaturated/α-hetero) is 1. The third-order valence-electron chi connectivity index (χ3n) is 9.75. The van der Waals surface area contributed by atoms with Crippen LogP contribution in [-0.4, -0.2) is 111 Å². The van der Waals surface area contributed by atoms with E-state index >= 15 is 0 Å². The quantitative estimate of drug-likeness (QED) is 0.196. The Morgan fingerprint density at radius 3 is 2.48 bits per heavy atom. The van der Waals surface area contributed by atoms with Gasteiger partial charge in [-0.05, 0) is 48.0 Å². The van der Waals surface area contributed by atoms with Crippen molar-refractivity contribution in [2.45, 2.75) is 108 Å². The zero-order valence-electron chi connectivity index (χ0n) is 31.4. The summed E-state index contributed by atoms with van der Waals surface area (Å²) in [5.41, 5.74) is -0.573. The second kappa shape index (κ2) is 19.7. The van der Waals surface area contributed by atoms with Crippen LogP contribution in [0.1, 0.15) is 79.6 Å². The molecule has 5 amide bonds. The first-order valence-corrected chi connectivity index (χ1v) is 20.5. The molecule has 0 bridgehead atoms.